The zero-order valence-electron chi connectivity index (χ0n) is 20.3. The summed E-state index contributed by atoms with van der Waals surface area (Å²) in [5, 5.41) is 8.04. The van der Waals surface area contributed by atoms with Crippen LogP contribution in [0, 0.1) is 33.6 Å². The third kappa shape index (κ3) is 4.40. The molecular weight excluding hydrogens is 422 g/mol. The summed E-state index contributed by atoms with van der Waals surface area (Å²) < 4.78 is 1.94. The van der Waals surface area contributed by atoms with Gasteiger partial charge in [-0.1, -0.05) is 42.0 Å². The number of carbonyl (C=O) groups excluding carboxylic acids is 1. The number of carbonyl (C=O) groups is 1. The van der Waals surface area contributed by atoms with Gasteiger partial charge in [0.25, 0.3) is 0 Å². The first-order valence-electron chi connectivity index (χ1n) is 11.9. The Labute approximate surface area is 200 Å². The molecular formula is C28H31N5O. The van der Waals surface area contributed by atoms with Crippen LogP contribution in [0.15, 0.2) is 54.6 Å². The van der Waals surface area contributed by atoms with Crippen molar-refractivity contribution in [3.8, 4) is 11.3 Å². The molecule has 1 N–H and O–H groups in total. The van der Waals surface area contributed by atoms with Crippen LogP contribution in [0.3, 0.4) is 0 Å². The van der Waals surface area contributed by atoms with Crippen molar-refractivity contribution in [2.75, 3.05) is 23.3 Å². The van der Waals surface area contributed by atoms with Gasteiger partial charge in [0.05, 0.1) is 5.69 Å². The monoisotopic (exact) mass is 453 g/mol. The number of aryl methyl sites for hydroxylation is 4. The molecule has 6 heteroatoms. The van der Waals surface area contributed by atoms with Crippen molar-refractivity contribution in [2.24, 2.45) is 5.92 Å². The van der Waals surface area contributed by atoms with Crippen LogP contribution in [0.2, 0.25) is 0 Å². The van der Waals surface area contributed by atoms with Crippen LogP contribution < -0.4 is 10.2 Å². The number of rotatable bonds is 4. The zero-order chi connectivity index (χ0) is 23.8. The SMILES string of the molecule is Cc1ccc(-c2cc3nc(C)cc(N4CCC(C(=O)Nc5cc(C)ccc5C)CC4)n3n2)cc1. The lowest BCUT2D eigenvalue weighted by atomic mass is 9.95. The fraction of sp³-hybridized carbons (Fsp3) is 0.321. The van der Waals surface area contributed by atoms with E-state index in [0.29, 0.717) is 0 Å². The summed E-state index contributed by atoms with van der Waals surface area (Å²) in [7, 11) is 0. The van der Waals surface area contributed by atoms with Crippen molar-refractivity contribution in [2.45, 2.75) is 40.5 Å². The highest BCUT2D eigenvalue weighted by Crippen LogP contribution is 2.28. The number of piperidine rings is 1. The Balaban J connectivity index is 1.33. The minimum Gasteiger partial charge on any atom is -0.356 e. The fourth-order valence-electron chi connectivity index (χ4n) is 4.65. The molecule has 4 aromatic rings. The molecule has 1 saturated heterocycles. The first-order chi connectivity index (χ1) is 16.4. The van der Waals surface area contributed by atoms with Crippen LogP contribution in [-0.2, 0) is 4.79 Å². The Morgan fingerprint density at radius 2 is 1.62 bits per heavy atom. The largest absolute Gasteiger partial charge is 0.356 e. The van der Waals surface area contributed by atoms with E-state index in [-0.39, 0.29) is 11.8 Å². The summed E-state index contributed by atoms with van der Waals surface area (Å²) in [5.74, 6) is 1.16. The van der Waals surface area contributed by atoms with Crippen molar-refractivity contribution < 1.29 is 4.79 Å². The van der Waals surface area contributed by atoms with Gasteiger partial charge in [-0.15, -0.1) is 0 Å². The maximum Gasteiger partial charge on any atom is 0.227 e. The molecule has 0 radical (unpaired) electrons. The second kappa shape index (κ2) is 8.93. The van der Waals surface area contributed by atoms with Gasteiger partial charge in [-0.05, 0) is 57.7 Å². The number of benzene rings is 2. The van der Waals surface area contributed by atoms with Crippen LogP contribution in [-0.4, -0.2) is 33.6 Å². The molecule has 0 unspecified atom stereocenters. The number of anilines is 2. The molecule has 1 aliphatic rings. The van der Waals surface area contributed by atoms with E-state index in [1.54, 1.807) is 0 Å². The molecule has 3 heterocycles. The molecule has 2 aromatic carbocycles. The number of hydrogen-bond donors (Lipinski definition) is 1. The Morgan fingerprint density at radius 1 is 0.912 bits per heavy atom. The number of amides is 1. The molecule has 0 bridgehead atoms. The van der Waals surface area contributed by atoms with Gasteiger partial charge in [0.2, 0.25) is 5.91 Å². The second-order valence-corrected chi connectivity index (χ2v) is 9.49. The molecule has 0 saturated carbocycles. The summed E-state index contributed by atoms with van der Waals surface area (Å²) in [6.07, 6.45) is 1.62. The molecule has 1 aliphatic heterocycles. The van der Waals surface area contributed by atoms with Gasteiger partial charge in [-0.3, -0.25) is 4.79 Å². The van der Waals surface area contributed by atoms with Crippen LogP contribution in [0.5, 0.6) is 0 Å². The lowest BCUT2D eigenvalue weighted by molar-refractivity contribution is -0.120. The highest BCUT2D eigenvalue weighted by molar-refractivity contribution is 5.93. The molecule has 174 valence electrons. The van der Waals surface area contributed by atoms with Gasteiger partial charge in [-0.25, -0.2) is 4.98 Å². The van der Waals surface area contributed by atoms with Crippen molar-refractivity contribution in [1.82, 2.24) is 14.6 Å². The Kier molecular flexibility index (Phi) is 5.82. The van der Waals surface area contributed by atoms with E-state index in [0.717, 1.165) is 71.2 Å². The van der Waals surface area contributed by atoms with Gasteiger partial charge in [0, 0.05) is 48.1 Å². The molecule has 1 amide bonds. The van der Waals surface area contributed by atoms with Gasteiger partial charge >= 0.3 is 0 Å². The predicted molar refractivity (Wildman–Crippen MR) is 137 cm³/mol. The molecule has 0 aliphatic carbocycles. The van der Waals surface area contributed by atoms with Crippen molar-refractivity contribution in [3.63, 3.8) is 0 Å². The number of aromatic nitrogens is 3. The number of fused-ring (bicyclic) bond motifs is 1. The van der Waals surface area contributed by atoms with Gasteiger partial charge in [0.15, 0.2) is 5.65 Å². The highest BCUT2D eigenvalue weighted by Gasteiger charge is 2.27. The minimum atomic E-state index is 0.00956. The summed E-state index contributed by atoms with van der Waals surface area (Å²) in [5.41, 5.74) is 8.20. The predicted octanol–water partition coefficient (Wildman–Crippen LogP) is 5.49. The van der Waals surface area contributed by atoms with Gasteiger partial charge in [-0.2, -0.15) is 9.61 Å². The van der Waals surface area contributed by atoms with Crippen LogP contribution in [0.4, 0.5) is 11.5 Å². The Morgan fingerprint density at radius 3 is 2.35 bits per heavy atom. The lowest BCUT2D eigenvalue weighted by Gasteiger charge is -2.33. The number of nitrogens with one attached hydrogen (secondary N) is 1. The summed E-state index contributed by atoms with van der Waals surface area (Å²) >= 11 is 0. The summed E-state index contributed by atoms with van der Waals surface area (Å²) in [4.78, 5) is 20.0. The molecule has 0 spiro atoms. The third-order valence-electron chi connectivity index (χ3n) is 6.72. The topological polar surface area (TPSA) is 62.5 Å². The lowest BCUT2D eigenvalue weighted by Crippen LogP contribution is -2.39. The first-order valence-corrected chi connectivity index (χ1v) is 11.9. The molecule has 6 nitrogen and oxygen atoms in total. The first kappa shape index (κ1) is 22.1. The zero-order valence-corrected chi connectivity index (χ0v) is 20.3. The standard InChI is InChI=1S/C28H31N5O/c1-18-6-9-22(10-7-18)25-17-26-29-21(4)16-27(33(26)31-25)32-13-11-23(12-14-32)28(34)30-24-15-19(2)5-8-20(24)3/h5-10,15-17,23H,11-14H2,1-4H3,(H,30,34). The normalized spacial score (nSPS) is 14.5. The van der Waals surface area contributed by atoms with Crippen LogP contribution >= 0.6 is 0 Å². The number of nitrogens with zero attached hydrogens (tertiary/aromatic N) is 4. The average molecular weight is 454 g/mol. The third-order valence-corrected chi connectivity index (χ3v) is 6.72. The molecule has 34 heavy (non-hydrogen) atoms. The molecule has 0 atom stereocenters. The summed E-state index contributed by atoms with van der Waals surface area (Å²) in [6, 6.07) is 18.7. The fourth-order valence-corrected chi connectivity index (χ4v) is 4.65. The van der Waals surface area contributed by atoms with E-state index in [4.69, 9.17) is 10.1 Å². The van der Waals surface area contributed by atoms with E-state index < -0.39 is 0 Å². The van der Waals surface area contributed by atoms with E-state index >= 15 is 0 Å². The van der Waals surface area contributed by atoms with E-state index in [1.807, 2.05) is 37.4 Å². The number of hydrogen-bond acceptors (Lipinski definition) is 4. The van der Waals surface area contributed by atoms with Crippen molar-refractivity contribution in [1.29, 1.82) is 0 Å². The minimum absolute atomic E-state index is 0.00956. The average Bonchev–Trinajstić information content (AvgIpc) is 3.25. The van der Waals surface area contributed by atoms with Gasteiger partial charge in [0.1, 0.15) is 5.82 Å². The maximum absolute atomic E-state index is 13.0. The Hall–Kier alpha value is -3.67. The van der Waals surface area contributed by atoms with Crippen LogP contribution in [0.25, 0.3) is 16.9 Å². The summed E-state index contributed by atoms with van der Waals surface area (Å²) in [6.45, 7) is 9.80. The quantitative estimate of drug-likeness (QED) is 0.444. The second-order valence-electron chi connectivity index (χ2n) is 9.49. The molecule has 1 fully saturated rings. The maximum atomic E-state index is 13.0. The molecule has 2 aromatic heterocycles. The van der Waals surface area contributed by atoms with E-state index in [9.17, 15) is 4.79 Å². The molecule has 5 rings (SSSR count). The van der Waals surface area contributed by atoms with Gasteiger partial charge < -0.3 is 10.2 Å². The smallest absolute Gasteiger partial charge is 0.227 e. The van der Waals surface area contributed by atoms with E-state index in [1.165, 1.54) is 5.56 Å². The van der Waals surface area contributed by atoms with Crippen molar-refractivity contribution in [3.05, 3.63) is 77.0 Å². The van der Waals surface area contributed by atoms with Crippen molar-refractivity contribution >= 4 is 23.1 Å². The highest BCUT2D eigenvalue weighted by atomic mass is 16.1. The Bertz CT molecular complexity index is 1350. The van der Waals surface area contributed by atoms with E-state index in [2.05, 4.69) is 59.6 Å². The van der Waals surface area contributed by atoms with Crippen LogP contribution in [0.1, 0.15) is 35.2 Å².